The number of ether oxygens (including phenoxy) is 1. The average Bonchev–Trinajstić information content (AvgIpc) is 3.13. The summed E-state index contributed by atoms with van der Waals surface area (Å²) in [4.78, 5) is 10.9. The number of nitrogens with zero attached hydrogens (tertiary/aromatic N) is 3. The molecule has 0 unspecified atom stereocenters. The van der Waals surface area contributed by atoms with Crippen molar-refractivity contribution in [3.05, 3.63) is 53.3 Å². The van der Waals surface area contributed by atoms with E-state index < -0.39 is 15.7 Å². The lowest BCUT2D eigenvalue weighted by molar-refractivity contribution is 0.479. The molecule has 2 aromatic rings. The Morgan fingerprint density at radius 1 is 1.18 bits per heavy atom. The van der Waals surface area contributed by atoms with Gasteiger partial charge in [-0.15, -0.1) is 0 Å². The minimum Gasteiger partial charge on any atom is -0.457 e. The fraction of sp³-hybridized carbons (Fsp3) is 0.300. The molecular formula is C20H20FN3O3S. The van der Waals surface area contributed by atoms with Crippen molar-refractivity contribution < 1.29 is 17.5 Å². The van der Waals surface area contributed by atoms with Crippen LogP contribution in [0.25, 0.3) is 0 Å². The highest BCUT2D eigenvalue weighted by molar-refractivity contribution is 7.90. The molecule has 6 nitrogen and oxygen atoms in total. The smallest absolute Gasteiger partial charge is 0.154 e. The number of rotatable bonds is 6. The Hall–Kier alpha value is -2.74. The minimum absolute atomic E-state index is 0.0292. The van der Waals surface area contributed by atoms with Gasteiger partial charge in [-0.3, -0.25) is 4.99 Å². The summed E-state index contributed by atoms with van der Waals surface area (Å²) >= 11 is 0. The number of sulfone groups is 1. The zero-order valence-corrected chi connectivity index (χ0v) is 16.2. The van der Waals surface area contributed by atoms with Gasteiger partial charge in [-0.1, -0.05) is 6.92 Å². The second-order valence-electron chi connectivity index (χ2n) is 6.77. The Kier molecular flexibility index (Phi) is 4.89. The Labute approximate surface area is 163 Å². The second-order valence-corrected chi connectivity index (χ2v) is 8.95. The van der Waals surface area contributed by atoms with E-state index in [1.165, 1.54) is 18.2 Å². The van der Waals surface area contributed by atoms with Crippen LogP contribution in [0.15, 0.2) is 46.4 Å². The molecule has 0 atom stereocenters. The van der Waals surface area contributed by atoms with Crippen LogP contribution in [0.2, 0.25) is 0 Å². The zero-order chi connectivity index (χ0) is 19.7. The Bertz CT molecular complexity index is 1080. The molecule has 28 heavy (non-hydrogen) atoms. The SMILES string of the molecule is CCCS(=O)(=O)Cc1cc(Oc2ccc3c(c2)C2=NCCN2C=N3)ccc1F. The van der Waals surface area contributed by atoms with Gasteiger partial charge in [-0.05, 0) is 42.8 Å². The van der Waals surface area contributed by atoms with E-state index in [1.807, 2.05) is 17.0 Å². The number of halogens is 1. The molecule has 0 aromatic heterocycles. The molecule has 0 N–H and O–H groups in total. The second kappa shape index (κ2) is 7.35. The molecule has 0 fully saturated rings. The van der Waals surface area contributed by atoms with E-state index in [4.69, 9.17) is 4.74 Å². The van der Waals surface area contributed by atoms with E-state index in [1.54, 1.807) is 19.3 Å². The normalized spacial score (nSPS) is 15.2. The van der Waals surface area contributed by atoms with E-state index in [0.717, 1.165) is 30.2 Å². The first-order chi connectivity index (χ1) is 13.4. The molecule has 2 aromatic carbocycles. The molecular weight excluding hydrogens is 381 g/mol. The van der Waals surface area contributed by atoms with Crippen molar-refractivity contribution >= 4 is 27.7 Å². The number of amidine groups is 1. The summed E-state index contributed by atoms with van der Waals surface area (Å²) in [5.74, 6) is 0.936. The summed E-state index contributed by atoms with van der Waals surface area (Å²) in [7, 11) is -3.35. The van der Waals surface area contributed by atoms with Crippen LogP contribution < -0.4 is 4.74 Å². The molecule has 0 saturated heterocycles. The molecule has 2 aliphatic heterocycles. The van der Waals surface area contributed by atoms with Gasteiger partial charge in [0.05, 0.1) is 30.1 Å². The summed E-state index contributed by atoms with van der Waals surface area (Å²) in [6.07, 6.45) is 2.27. The van der Waals surface area contributed by atoms with Crippen molar-refractivity contribution in [3.63, 3.8) is 0 Å². The Morgan fingerprint density at radius 2 is 1.96 bits per heavy atom. The molecule has 0 spiro atoms. The largest absolute Gasteiger partial charge is 0.457 e. The number of aliphatic imine (C=N–C) groups is 2. The number of hydrogen-bond donors (Lipinski definition) is 0. The predicted octanol–water partition coefficient (Wildman–Crippen LogP) is 3.68. The van der Waals surface area contributed by atoms with Crippen LogP contribution in [0.5, 0.6) is 11.5 Å². The Morgan fingerprint density at radius 3 is 2.79 bits per heavy atom. The van der Waals surface area contributed by atoms with Gasteiger partial charge in [0.15, 0.2) is 9.84 Å². The lowest BCUT2D eigenvalue weighted by Crippen LogP contribution is -2.29. The fourth-order valence-electron chi connectivity index (χ4n) is 3.30. The summed E-state index contributed by atoms with van der Waals surface area (Å²) < 4.78 is 44.1. The van der Waals surface area contributed by atoms with Crippen LogP contribution in [-0.4, -0.2) is 44.3 Å². The van der Waals surface area contributed by atoms with Gasteiger partial charge in [0, 0.05) is 17.7 Å². The number of fused-ring (bicyclic) bond motifs is 3. The summed E-state index contributed by atoms with van der Waals surface area (Å²) in [6.45, 7) is 3.31. The van der Waals surface area contributed by atoms with Gasteiger partial charge in [0.25, 0.3) is 0 Å². The highest BCUT2D eigenvalue weighted by atomic mass is 32.2. The molecule has 4 rings (SSSR count). The van der Waals surface area contributed by atoms with Crippen molar-refractivity contribution in [2.24, 2.45) is 9.98 Å². The monoisotopic (exact) mass is 401 g/mol. The minimum atomic E-state index is -3.35. The van der Waals surface area contributed by atoms with Gasteiger partial charge in [-0.2, -0.15) is 0 Å². The first kappa shape index (κ1) is 18.6. The van der Waals surface area contributed by atoms with Crippen molar-refractivity contribution in [1.82, 2.24) is 4.90 Å². The molecule has 0 saturated carbocycles. The van der Waals surface area contributed by atoms with Crippen molar-refractivity contribution in [2.45, 2.75) is 19.1 Å². The van der Waals surface area contributed by atoms with Gasteiger partial charge in [-0.25, -0.2) is 17.8 Å². The molecule has 8 heteroatoms. The first-order valence-electron chi connectivity index (χ1n) is 9.11. The van der Waals surface area contributed by atoms with Crippen LogP contribution in [0.1, 0.15) is 24.5 Å². The molecule has 0 amide bonds. The molecule has 0 radical (unpaired) electrons. The van der Waals surface area contributed by atoms with Crippen molar-refractivity contribution in [1.29, 1.82) is 0 Å². The molecule has 146 valence electrons. The number of benzene rings is 2. The van der Waals surface area contributed by atoms with E-state index in [9.17, 15) is 12.8 Å². The topological polar surface area (TPSA) is 71.3 Å². The first-order valence-corrected chi connectivity index (χ1v) is 10.9. The maximum absolute atomic E-state index is 14.1. The lowest BCUT2D eigenvalue weighted by Gasteiger charge is -2.21. The third kappa shape index (κ3) is 3.77. The quantitative estimate of drug-likeness (QED) is 0.740. The summed E-state index contributed by atoms with van der Waals surface area (Å²) in [5.41, 5.74) is 1.81. The molecule has 0 aliphatic carbocycles. The van der Waals surface area contributed by atoms with Crippen LogP contribution in [-0.2, 0) is 15.6 Å². The van der Waals surface area contributed by atoms with Crippen LogP contribution >= 0.6 is 0 Å². The highest BCUT2D eigenvalue weighted by Crippen LogP contribution is 2.32. The molecule has 2 heterocycles. The third-order valence-electron chi connectivity index (χ3n) is 4.56. The lowest BCUT2D eigenvalue weighted by atomic mass is 10.1. The zero-order valence-electron chi connectivity index (χ0n) is 15.4. The predicted molar refractivity (Wildman–Crippen MR) is 107 cm³/mol. The van der Waals surface area contributed by atoms with Crippen LogP contribution in [0.4, 0.5) is 10.1 Å². The third-order valence-corrected chi connectivity index (χ3v) is 6.34. The van der Waals surface area contributed by atoms with Gasteiger partial charge in [0.1, 0.15) is 23.2 Å². The average molecular weight is 401 g/mol. The maximum Gasteiger partial charge on any atom is 0.154 e. The van der Waals surface area contributed by atoms with Crippen molar-refractivity contribution in [3.8, 4) is 11.5 Å². The van der Waals surface area contributed by atoms with Crippen molar-refractivity contribution in [2.75, 3.05) is 18.8 Å². The van der Waals surface area contributed by atoms with Crippen LogP contribution in [0, 0.1) is 5.82 Å². The maximum atomic E-state index is 14.1. The summed E-state index contributed by atoms with van der Waals surface area (Å²) in [6, 6.07) is 9.63. The van der Waals surface area contributed by atoms with E-state index in [0.29, 0.717) is 17.9 Å². The Balaban J connectivity index is 1.59. The summed E-state index contributed by atoms with van der Waals surface area (Å²) in [5, 5.41) is 0. The van der Waals surface area contributed by atoms with Gasteiger partial charge >= 0.3 is 0 Å². The van der Waals surface area contributed by atoms with E-state index >= 15 is 0 Å². The number of hydrogen-bond acceptors (Lipinski definition) is 6. The molecule has 0 bridgehead atoms. The van der Waals surface area contributed by atoms with Gasteiger partial charge < -0.3 is 9.64 Å². The standard InChI is InChI=1S/C20H20FN3O3S/c1-2-9-28(25,26)12-14-10-15(3-5-18(14)21)27-16-4-6-19-17(11-16)20-22-7-8-24(20)13-23-19/h3-6,10-11,13H,2,7-9,12H2,1H3. The van der Waals surface area contributed by atoms with E-state index in [-0.39, 0.29) is 17.1 Å². The van der Waals surface area contributed by atoms with Crippen LogP contribution in [0.3, 0.4) is 0 Å². The van der Waals surface area contributed by atoms with Gasteiger partial charge in [0.2, 0.25) is 0 Å². The van der Waals surface area contributed by atoms with E-state index in [2.05, 4.69) is 9.98 Å². The fourth-order valence-corrected chi connectivity index (χ4v) is 4.76. The highest BCUT2D eigenvalue weighted by Gasteiger charge is 2.24. The molecule has 2 aliphatic rings.